The molecule has 21 heavy (non-hydrogen) atoms. The fraction of sp³-hybridized carbons (Fsp3) is 0.235. The molecule has 0 bridgehead atoms. The Morgan fingerprint density at radius 2 is 1.76 bits per heavy atom. The van der Waals surface area contributed by atoms with Gasteiger partial charge in [0.25, 0.3) is 5.91 Å². The highest BCUT2D eigenvalue weighted by atomic mass is 35.5. The highest BCUT2D eigenvalue weighted by molar-refractivity contribution is 6.42. The normalized spacial score (nSPS) is 12.0. The summed E-state index contributed by atoms with van der Waals surface area (Å²) in [6.07, 6.45) is 0. The molecule has 1 atom stereocenters. The third-order valence-electron chi connectivity index (χ3n) is 3.43. The van der Waals surface area contributed by atoms with Crippen molar-refractivity contribution in [2.45, 2.75) is 12.8 Å². The maximum absolute atomic E-state index is 12.3. The topological polar surface area (TPSA) is 20.3 Å². The molecule has 4 heteroatoms. The molecule has 0 radical (unpaired) electrons. The lowest BCUT2D eigenvalue weighted by Crippen LogP contribution is -2.30. The van der Waals surface area contributed by atoms with E-state index in [0.717, 1.165) is 5.56 Å². The molecule has 2 nitrogen and oxygen atoms in total. The van der Waals surface area contributed by atoms with Gasteiger partial charge in [0, 0.05) is 19.2 Å². The average Bonchev–Trinajstić information content (AvgIpc) is 2.50. The predicted molar refractivity (Wildman–Crippen MR) is 88.3 cm³/mol. The Morgan fingerprint density at radius 1 is 1.10 bits per heavy atom. The van der Waals surface area contributed by atoms with E-state index in [1.54, 1.807) is 11.0 Å². The highest BCUT2D eigenvalue weighted by Gasteiger charge is 2.15. The fourth-order valence-electron chi connectivity index (χ4n) is 2.22. The van der Waals surface area contributed by atoms with Gasteiger partial charge in [0.15, 0.2) is 0 Å². The molecule has 2 rings (SSSR count). The number of amides is 1. The second kappa shape index (κ2) is 6.97. The molecule has 0 aliphatic rings. The van der Waals surface area contributed by atoms with E-state index in [0.29, 0.717) is 22.2 Å². The van der Waals surface area contributed by atoms with Crippen molar-refractivity contribution in [2.24, 2.45) is 0 Å². The summed E-state index contributed by atoms with van der Waals surface area (Å²) in [4.78, 5) is 14.0. The first-order valence-electron chi connectivity index (χ1n) is 6.74. The van der Waals surface area contributed by atoms with Crippen molar-refractivity contribution in [3.63, 3.8) is 0 Å². The van der Waals surface area contributed by atoms with Crippen LogP contribution < -0.4 is 0 Å². The van der Waals surface area contributed by atoms with E-state index in [1.165, 1.54) is 0 Å². The van der Waals surface area contributed by atoms with E-state index < -0.39 is 0 Å². The first kappa shape index (κ1) is 15.9. The molecule has 0 saturated heterocycles. The summed E-state index contributed by atoms with van der Waals surface area (Å²) < 4.78 is 0. The van der Waals surface area contributed by atoms with Crippen molar-refractivity contribution in [1.82, 2.24) is 4.90 Å². The van der Waals surface area contributed by atoms with Gasteiger partial charge < -0.3 is 4.90 Å². The molecule has 1 amide bonds. The van der Waals surface area contributed by atoms with Crippen molar-refractivity contribution in [1.29, 1.82) is 0 Å². The van der Waals surface area contributed by atoms with Crippen molar-refractivity contribution < 1.29 is 4.79 Å². The standard InChI is InChI=1S/C17H17Cl2NO/c1-12(14-8-9-15(18)16(19)10-14)11-20(2)17(21)13-6-4-3-5-7-13/h3-10,12H,11H2,1-2H3. The Kier molecular flexibility index (Phi) is 5.27. The molecule has 0 N–H and O–H groups in total. The van der Waals surface area contributed by atoms with Crippen LogP contribution in [0.5, 0.6) is 0 Å². The van der Waals surface area contributed by atoms with E-state index in [1.807, 2.05) is 49.5 Å². The second-order valence-electron chi connectivity index (χ2n) is 5.13. The molecule has 110 valence electrons. The third kappa shape index (κ3) is 3.99. The van der Waals surface area contributed by atoms with Crippen LogP contribution >= 0.6 is 23.2 Å². The number of hydrogen-bond acceptors (Lipinski definition) is 1. The van der Waals surface area contributed by atoms with Crippen LogP contribution in [-0.2, 0) is 0 Å². The van der Waals surface area contributed by atoms with Gasteiger partial charge in [0.2, 0.25) is 0 Å². The van der Waals surface area contributed by atoms with Gasteiger partial charge in [0.05, 0.1) is 10.0 Å². The largest absolute Gasteiger partial charge is 0.341 e. The number of hydrogen-bond donors (Lipinski definition) is 0. The summed E-state index contributed by atoms with van der Waals surface area (Å²) in [5, 5.41) is 1.08. The summed E-state index contributed by atoms with van der Waals surface area (Å²) in [7, 11) is 1.81. The van der Waals surface area contributed by atoms with Crippen LogP contribution in [-0.4, -0.2) is 24.4 Å². The number of rotatable bonds is 4. The molecule has 0 aliphatic heterocycles. The molecule has 0 aliphatic carbocycles. The highest BCUT2D eigenvalue weighted by Crippen LogP contribution is 2.26. The Bertz CT molecular complexity index is 628. The lowest BCUT2D eigenvalue weighted by molar-refractivity contribution is 0.0788. The zero-order chi connectivity index (χ0) is 15.4. The van der Waals surface area contributed by atoms with Gasteiger partial charge in [0.1, 0.15) is 0 Å². The predicted octanol–water partition coefficient (Wildman–Crippen LogP) is 4.87. The Hall–Kier alpha value is -1.51. The van der Waals surface area contributed by atoms with Crippen molar-refractivity contribution >= 4 is 29.1 Å². The molecule has 0 aromatic heterocycles. The maximum Gasteiger partial charge on any atom is 0.253 e. The van der Waals surface area contributed by atoms with Crippen LogP contribution in [0.15, 0.2) is 48.5 Å². The van der Waals surface area contributed by atoms with E-state index >= 15 is 0 Å². The monoisotopic (exact) mass is 321 g/mol. The number of carbonyl (C=O) groups excluding carboxylic acids is 1. The van der Waals surface area contributed by atoms with Gasteiger partial charge in [-0.1, -0.05) is 54.4 Å². The van der Waals surface area contributed by atoms with Gasteiger partial charge in [-0.3, -0.25) is 4.79 Å². The smallest absolute Gasteiger partial charge is 0.253 e. The van der Waals surface area contributed by atoms with E-state index in [9.17, 15) is 4.79 Å². The first-order valence-corrected chi connectivity index (χ1v) is 7.50. The van der Waals surface area contributed by atoms with Crippen molar-refractivity contribution in [2.75, 3.05) is 13.6 Å². The maximum atomic E-state index is 12.3. The fourth-order valence-corrected chi connectivity index (χ4v) is 2.53. The van der Waals surface area contributed by atoms with Crippen LogP contribution in [0.2, 0.25) is 10.0 Å². The number of benzene rings is 2. The molecule has 0 spiro atoms. The summed E-state index contributed by atoms with van der Waals surface area (Å²) >= 11 is 12.0. The minimum atomic E-state index is 0.0162. The van der Waals surface area contributed by atoms with E-state index in [2.05, 4.69) is 6.92 Å². The number of likely N-dealkylation sites (N-methyl/N-ethyl adjacent to an activating group) is 1. The second-order valence-corrected chi connectivity index (χ2v) is 5.94. The first-order chi connectivity index (χ1) is 9.99. The number of halogens is 2. The van der Waals surface area contributed by atoms with Crippen LogP contribution in [0.25, 0.3) is 0 Å². The van der Waals surface area contributed by atoms with Gasteiger partial charge >= 0.3 is 0 Å². The summed E-state index contributed by atoms with van der Waals surface area (Å²) in [5.74, 6) is 0.194. The molecule has 2 aromatic carbocycles. The Balaban J connectivity index is 2.06. The molecular formula is C17H17Cl2NO. The van der Waals surface area contributed by atoms with Crippen molar-refractivity contribution in [3.8, 4) is 0 Å². The molecular weight excluding hydrogens is 305 g/mol. The quantitative estimate of drug-likeness (QED) is 0.786. The van der Waals surface area contributed by atoms with Gasteiger partial charge in [-0.05, 0) is 35.7 Å². The van der Waals surface area contributed by atoms with Crippen molar-refractivity contribution in [3.05, 3.63) is 69.7 Å². The molecule has 0 saturated carbocycles. The van der Waals surface area contributed by atoms with Crippen LogP contribution in [0.3, 0.4) is 0 Å². The van der Waals surface area contributed by atoms with E-state index in [4.69, 9.17) is 23.2 Å². The minimum Gasteiger partial charge on any atom is -0.341 e. The molecule has 1 unspecified atom stereocenters. The third-order valence-corrected chi connectivity index (χ3v) is 4.17. The van der Waals surface area contributed by atoms with Crippen LogP contribution in [0, 0.1) is 0 Å². The number of nitrogens with zero attached hydrogens (tertiary/aromatic N) is 1. The van der Waals surface area contributed by atoms with E-state index in [-0.39, 0.29) is 11.8 Å². The Morgan fingerprint density at radius 3 is 2.38 bits per heavy atom. The van der Waals surface area contributed by atoms with Crippen LogP contribution in [0.4, 0.5) is 0 Å². The lowest BCUT2D eigenvalue weighted by Gasteiger charge is -2.22. The SMILES string of the molecule is CC(CN(C)C(=O)c1ccccc1)c1ccc(Cl)c(Cl)c1. The Labute approximate surface area is 135 Å². The molecule has 0 heterocycles. The zero-order valence-electron chi connectivity index (χ0n) is 12.0. The van der Waals surface area contributed by atoms with Gasteiger partial charge in [-0.15, -0.1) is 0 Å². The summed E-state index contributed by atoms with van der Waals surface area (Å²) in [5.41, 5.74) is 1.76. The van der Waals surface area contributed by atoms with Crippen LogP contribution in [0.1, 0.15) is 28.8 Å². The molecule has 0 fully saturated rings. The molecule has 2 aromatic rings. The lowest BCUT2D eigenvalue weighted by atomic mass is 10.0. The summed E-state index contributed by atoms with van der Waals surface area (Å²) in [6, 6.07) is 14.9. The average molecular weight is 322 g/mol. The summed E-state index contributed by atoms with van der Waals surface area (Å²) in [6.45, 7) is 2.68. The van der Waals surface area contributed by atoms with Gasteiger partial charge in [-0.2, -0.15) is 0 Å². The zero-order valence-corrected chi connectivity index (χ0v) is 13.5. The number of carbonyl (C=O) groups is 1. The minimum absolute atomic E-state index is 0.0162. The van der Waals surface area contributed by atoms with Gasteiger partial charge in [-0.25, -0.2) is 0 Å².